The molecule has 0 aliphatic carbocycles. The summed E-state index contributed by atoms with van der Waals surface area (Å²) in [5, 5.41) is 6.27. The Morgan fingerprint density at radius 1 is 1.27 bits per heavy atom. The van der Waals surface area contributed by atoms with Crippen LogP contribution in [-0.4, -0.2) is 23.0 Å². The lowest BCUT2D eigenvalue weighted by Crippen LogP contribution is -2.10. The molecule has 0 aliphatic rings. The van der Waals surface area contributed by atoms with Crippen LogP contribution in [0.3, 0.4) is 0 Å². The van der Waals surface area contributed by atoms with Crippen molar-refractivity contribution in [3.8, 4) is 17.0 Å². The Labute approximate surface area is 161 Å². The topological polar surface area (TPSA) is 64.1 Å². The second-order valence-electron chi connectivity index (χ2n) is 6.98. The highest BCUT2D eigenvalue weighted by atomic mass is 32.1. The van der Waals surface area contributed by atoms with Gasteiger partial charge in [0.2, 0.25) is 0 Å². The first-order valence-electron chi connectivity index (χ1n) is 8.16. The molecule has 0 fully saturated rings. The molecule has 1 N–H and O–H groups in total. The standard InChI is InChI=1S/C19H21N3O2S2/c1-11-6-7-14(24-5)12(8-11)13-10-25-18(21-13)22-16(23)15-9-20-17(26-15)19(2,3)4/h6-10H,1-5H3,(H,21,22,23). The van der Waals surface area contributed by atoms with Gasteiger partial charge in [0, 0.05) is 16.4 Å². The molecule has 2 aromatic heterocycles. The SMILES string of the molecule is COc1ccc(C)cc1-c1csc(NC(=O)c2cnc(C(C)(C)C)s2)n1. The minimum absolute atomic E-state index is 0.0702. The fraction of sp³-hybridized carbons (Fsp3) is 0.316. The van der Waals surface area contributed by atoms with Crippen molar-refractivity contribution in [3.05, 3.63) is 45.2 Å². The van der Waals surface area contributed by atoms with Gasteiger partial charge in [-0.3, -0.25) is 10.1 Å². The van der Waals surface area contributed by atoms with Crippen LogP contribution in [0, 0.1) is 6.92 Å². The van der Waals surface area contributed by atoms with Gasteiger partial charge in [0.05, 0.1) is 24.0 Å². The quantitative estimate of drug-likeness (QED) is 0.674. The number of methoxy groups -OCH3 is 1. The third kappa shape index (κ3) is 3.94. The Balaban J connectivity index is 1.80. The minimum Gasteiger partial charge on any atom is -0.496 e. The summed E-state index contributed by atoms with van der Waals surface area (Å²) in [7, 11) is 1.64. The summed E-state index contributed by atoms with van der Waals surface area (Å²) >= 11 is 2.80. The molecule has 7 heteroatoms. The molecule has 2 heterocycles. The number of rotatable bonds is 4. The molecule has 0 saturated carbocycles. The van der Waals surface area contributed by atoms with E-state index in [1.54, 1.807) is 13.3 Å². The number of carbonyl (C=O) groups excluding carboxylic acids is 1. The largest absolute Gasteiger partial charge is 0.496 e. The van der Waals surface area contributed by atoms with Gasteiger partial charge in [-0.1, -0.05) is 32.4 Å². The predicted octanol–water partition coefficient (Wildman–Crippen LogP) is 5.13. The lowest BCUT2D eigenvalue weighted by molar-refractivity contribution is 0.103. The highest BCUT2D eigenvalue weighted by Crippen LogP contribution is 2.33. The van der Waals surface area contributed by atoms with Crippen LogP contribution in [0.5, 0.6) is 5.75 Å². The van der Waals surface area contributed by atoms with E-state index in [2.05, 4.69) is 36.1 Å². The Morgan fingerprint density at radius 2 is 2.04 bits per heavy atom. The summed E-state index contributed by atoms with van der Waals surface area (Å²) in [6, 6.07) is 5.94. The number of hydrogen-bond donors (Lipinski definition) is 1. The molecule has 0 atom stereocenters. The van der Waals surface area contributed by atoms with Crippen molar-refractivity contribution >= 4 is 33.7 Å². The molecule has 0 saturated heterocycles. The molecule has 0 aliphatic heterocycles. The molecule has 3 aromatic rings. The Hall–Kier alpha value is -2.25. The number of nitrogens with zero attached hydrogens (tertiary/aromatic N) is 2. The summed E-state index contributed by atoms with van der Waals surface area (Å²) in [6.45, 7) is 8.26. The number of aromatic nitrogens is 2. The van der Waals surface area contributed by atoms with Gasteiger partial charge < -0.3 is 4.74 Å². The first kappa shape index (κ1) is 18.5. The van der Waals surface area contributed by atoms with Crippen molar-refractivity contribution in [3.63, 3.8) is 0 Å². The van der Waals surface area contributed by atoms with E-state index < -0.39 is 0 Å². The van der Waals surface area contributed by atoms with Gasteiger partial charge in [0.25, 0.3) is 5.91 Å². The fourth-order valence-electron chi connectivity index (χ4n) is 2.36. The van der Waals surface area contributed by atoms with Crippen LogP contribution in [-0.2, 0) is 5.41 Å². The number of thiazole rings is 2. The van der Waals surface area contributed by atoms with Crippen LogP contribution in [0.15, 0.2) is 29.8 Å². The number of amides is 1. The number of ether oxygens (including phenoxy) is 1. The van der Waals surface area contributed by atoms with Crippen LogP contribution in [0.4, 0.5) is 5.13 Å². The number of aryl methyl sites for hydroxylation is 1. The molecule has 0 spiro atoms. The smallest absolute Gasteiger partial charge is 0.269 e. The second kappa shape index (κ2) is 7.17. The zero-order valence-electron chi connectivity index (χ0n) is 15.4. The van der Waals surface area contributed by atoms with Gasteiger partial charge in [0.1, 0.15) is 10.6 Å². The summed E-state index contributed by atoms with van der Waals surface area (Å²) in [5.74, 6) is 0.575. The minimum atomic E-state index is -0.185. The zero-order valence-corrected chi connectivity index (χ0v) is 17.0. The highest BCUT2D eigenvalue weighted by molar-refractivity contribution is 7.15. The number of benzene rings is 1. The van der Waals surface area contributed by atoms with E-state index in [4.69, 9.17) is 4.74 Å². The van der Waals surface area contributed by atoms with Crippen LogP contribution >= 0.6 is 22.7 Å². The average molecular weight is 388 g/mol. The zero-order chi connectivity index (χ0) is 18.9. The third-order valence-corrected chi connectivity index (χ3v) is 5.91. The van der Waals surface area contributed by atoms with E-state index in [-0.39, 0.29) is 11.3 Å². The van der Waals surface area contributed by atoms with Crippen molar-refractivity contribution in [2.45, 2.75) is 33.1 Å². The molecular weight excluding hydrogens is 366 g/mol. The fourth-order valence-corrected chi connectivity index (χ4v) is 3.94. The normalized spacial score (nSPS) is 11.4. The van der Waals surface area contributed by atoms with Crippen LogP contribution in [0.2, 0.25) is 0 Å². The monoisotopic (exact) mass is 387 g/mol. The van der Waals surface area contributed by atoms with Crippen LogP contribution in [0.25, 0.3) is 11.3 Å². The van der Waals surface area contributed by atoms with Gasteiger partial charge in [-0.05, 0) is 19.1 Å². The predicted molar refractivity (Wildman–Crippen MR) is 108 cm³/mol. The summed E-state index contributed by atoms with van der Waals surface area (Å²) in [6.07, 6.45) is 1.62. The first-order chi connectivity index (χ1) is 12.3. The molecule has 26 heavy (non-hydrogen) atoms. The maximum Gasteiger partial charge on any atom is 0.269 e. The van der Waals surface area contributed by atoms with E-state index in [0.717, 1.165) is 27.6 Å². The molecule has 0 radical (unpaired) electrons. The van der Waals surface area contributed by atoms with Gasteiger partial charge in [-0.25, -0.2) is 9.97 Å². The van der Waals surface area contributed by atoms with Gasteiger partial charge in [0.15, 0.2) is 5.13 Å². The third-order valence-electron chi connectivity index (χ3n) is 3.73. The summed E-state index contributed by atoms with van der Waals surface area (Å²) < 4.78 is 5.42. The van der Waals surface area contributed by atoms with Crippen molar-refractivity contribution in [2.24, 2.45) is 0 Å². The number of nitrogens with one attached hydrogen (secondary N) is 1. The van der Waals surface area contributed by atoms with E-state index in [1.807, 2.05) is 30.5 Å². The van der Waals surface area contributed by atoms with Crippen molar-refractivity contribution < 1.29 is 9.53 Å². The number of carbonyl (C=O) groups is 1. The molecular formula is C19H21N3O2S2. The van der Waals surface area contributed by atoms with E-state index >= 15 is 0 Å². The maximum absolute atomic E-state index is 12.5. The first-order valence-corrected chi connectivity index (χ1v) is 9.86. The Bertz CT molecular complexity index is 938. The van der Waals surface area contributed by atoms with Gasteiger partial charge in [-0.2, -0.15) is 0 Å². The lowest BCUT2D eigenvalue weighted by atomic mass is 9.98. The van der Waals surface area contributed by atoms with E-state index in [9.17, 15) is 4.79 Å². The molecule has 1 aromatic carbocycles. The van der Waals surface area contributed by atoms with Crippen molar-refractivity contribution in [1.29, 1.82) is 0 Å². The van der Waals surface area contributed by atoms with Crippen LogP contribution < -0.4 is 10.1 Å². The number of anilines is 1. The van der Waals surface area contributed by atoms with Crippen LogP contribution in [0.1, 0.15) is 41.0 Å². The lowest BCUT2D eigenvalue weighted by Gasteiger charge is -2.13. The molecule has 5 nitrogen and oxygen atoms in total. The summed E-state index contributed by atoms with van der Waals surface area (Å²) in [4.78, 5) is 22.0. The molecule has 136 valence electrons. The summed E-state index contributed by atoms with van der Waals surface area (Å²) in [5.41, 5.74) is 2.75. The molecule has 0 unspecified atom stereocenters. The molecule has 0 bridgehead atoms. The Morgan fingerprint density at radius 3 is 2.69 bits per heavy atom. The van der Waals surface area contributed by atoms with Gasteiger partial charge in [-0.15, -0.1) is 22.7 Å². The highest BCUT2D eigenvalue weighted by Gasteiger charge is 2.21. The molecule has 3 rings (SSSR count). The van der Waals surface area contributed by atoms with Crippen molar-refractivity contribution in [1.82, 2.24) is 9.97 Å². The van der Waals surface area contributed by atoms with E-state index in [0.29, 0.717) is 10.0 Å². The Kier molecular flexibility index (Phi) is 5.11. The van der Waals surface area contributed by atoms with E-state index in [1.165, 1.54) is 22.7 Å². The second-order valence-corrected chi connectivity index (χ2v) is 8.86. The van der Waals surface area contributed by atoms with Crippen molar-refractivity contribution in [2.75, 3.05) is 12.4 Å². The van der Waals surface area contributed by atoms with Gasteiger partial charge >= 0.3 is 0 Å². The molecule has 1 amide bonds. The maximum atomic E-state index is 12.5. The number of hydrogen-bond acceptors (Lipinski definition) is 6. The average Bonchev–Trinajstić information content (AvgIpc) is 3.23.